The van der Waals surface area contributed by atoms with Crippen LogP contribution in [0.5, 0.6) is 11.5 Å². The average molecular weight is 432 g/mol. The minimum Gasteiger partial charge on any atom is -0.493 e. The van der Waals surface area contributed by atoms with Gasteiger partial charge in [-0.15, -0.1) is 0 Å². The van der Waals surface area contributed by atoms with Crippen LogP contribution in [0.4, 0.5) is 5.82 Å². The van der Waals surface area contributed by atoms with Gasteiger partial charge in [0, 0.05) is 38.3 Å². The average Bonchev–Trinajstić information content (AvgIpc) is 2.81. The Kier molecular flexibility index (Phi) is 8.75. The van der Waals surface area contributed by atoms with E-state index in [1.807, 2.05) is 19.2 Å². The second-order valence-electron chi connectivity index (χ2n) is 8.11. The van der Waals surface area contributed by atoms with Gasteiger partial charge in [0.05, 0.1) is 12.6 Å². The fourth-order valence-electron chi connectivity index (χ4n) is 4.24. The summed E-state index contributed by atoms with van der Waals surface area (Å²) in [5, 5.41) is 14.7. The summed E-state index contributed by atoms with van der Waals surface area (Å²) < 4.78 is 17.2. The number of likely N-dealkylation sites (N-methyl/N-ethyl adjacent to an activating group) is 1. The lowest BCUT2D eigenvalue weighted by molar-refractivity contribution is 0.0689. The van der Waals surface area contributed by atoms with E-state index >= 15 is 0 Å². The van der Waals surface area contributed by atoms with Crippen molar-refractivity contribution in [2.75, 3.05) is 58.9 Å². The summed E-state index contributed by atoms with van der Waals surface area (Å²) in [5.41, 5.74) is 2.13. The number of benzene rings is 1. The Hall–Kier alpha value is -2.09. The molecule has 0 radical (unpaired) electrons. The minimum absolute atomic E-state index is 0.209. The third kappa shape index (κ3) is 5.99. The van der Waals surface area contributed by atoms with Gasteiger partial charge < -0.3 is 29.5 Å². The van der Waals surface area contributed by atoms with E-state index in [1.165, 1.54) is 5.56 Å². The fourth-order valence-corrected chi connectivity index (χ4v) is 4.24. The van der Waals surface area contributed by atoms with Gasteiger partial charge in [-0.25, -0.2) is 4.98 Å². The first-order valence-electron chi connectivity index (χ1n) is 11.4. The monoisotopic (exact) mass is 431 g/mol. The lowest BCUT2D eigenvalue weighted by atomic mass is 9.89. The number of nitrogens with zero attached hydrogens (tertiary/aromatic N) is 2. The molecule has 1 aromatic carbocycles. The van der Waals surface area contributed by atoms with Crippen molar-refractivity contribution in [1.82, 2.24) is 9.88 Å². The van der Waals surface area contributed by atoms with Crippen LogP contribution in [-0.4, -0.2) is 74.7 Å². The Morgan fingerprint density at radius 3 is 2.65 bits per heavy atom. The summed E-state index contributed by atoms with van der Waals surface area (Å²) in [7, 11) is 3.53. The molecule has 0 bridgehead atoms. The van der Waals surface area contributed by atoms with Crippen LogP contribution in [0.25, 0.3) is 10.9 Å². The van der Waals surface area contributed by atoms with Crippen molar-refractivity contribution >= 4 is 16.7 Å². The van der Waals surface area contributed by atoms with Gasteiger partial charge in [0.25, 0.3) is 0 Å². The first kappa shape index (κ1) is 23.6. The molecule has 1 aliphatic heterocycles. The topological polar surface area (TPSA) is 76.1 Å². The molecule has 2 aromatic rings. The van der Waals surface area contributed by atoms with Gasteiger partial charge in [0.1, 0.15) is 18.5 Å². The summed E-state index contributed by atoms with van der Waals surface area (Å²) in [6.07, 6.45) is 2.50. The number of hydrogen-bond acceptors (Lipinski definition) is 7. The van der Waals surface area contributed by atoms with Gasteiger partial charge in [-0.2, -0.15) is 0 Å². The van der Waals surface area contributed by atoms with E-state index in [1.54, 1.807) is 7.11 Å². The van der Waals surface area contributed by atoms with E-state index in [0.29, 0.717) is 24.0 Å². The smallest absolute Gasteiger partial charge is 0.163 e. The Morgan fingerprint density at radius 2 is 2.00 bits per heavy atom. The van der Waals surface area contributed by atoms with Crippen molar-refractivity contribution in [3.8, 4) is 11.5 Å². The number of hydrogen-bond donors (Lipinski definition) is 2. The van der Waals surface area contributed by atoms with Gasteiger partial charge in [-0.1, -0.05) is 13.8 Å². The molecule has 1 aliphatic rings. The Morgan fingerprint density at radius 1 is 1.23 bits per heavy atom. The van der Waals surface area contributed by atoms with Crippen molar-refractivity contribution in [2.45, 2.75) is 45.1 Å². The normalized spacial score (nSPS) is 15.9. The molecule has 0 amide bonds. The third-order valence-corrected chi connectivity index (χ3v) is 5.93. The second-order valence-corrected chi connectivity index (χ2v) is 8.11. The van der Waals surface area contributed by atoms with Crippen LogP contribution in [-0.2, 0) is 4.74 Å². The molecule has 1 fully saturated rings. The highest BCUT2D eigenvalue weighted by Crippen LogP contribution is 2.39. The summed E-state index contributed by atoms with van der Waals surface area (Å²) in [5.74, 6) is 2.53. The molecule has 7 nitrogen and oxygen atoms in total. The number of aliphatic hydroxyl groups excluding tert-OH is 1. The lowest BCUT2D eigenvalue weighted by Gasteiger charge is -2.25. The molecule has 2 heterocycles. The van der Waals surface area contributed by atoms with E-state index in [-0.39, 0.29) is 6.61 Å². The highest BCUT2D eigenvalue weighted by atomic mass is 16.5. The molecule has 1 saturated heterocycles. The molecular weight excluding hydrogens is 394 g/mol. The number of fused-ring (bicyclic) bond motifs is 1. The highest BCUT2D eigenvalue weighted by molar-refractivity contribution is 5.88. The Balaban J connectivity index is 1.85. The predicted octanol–water partition coefficient (Wildman–Crippen LogP) is 3.65. The quantitative estimate of drug-likeness (QED) is 0.562. The summed E-state index contributed by atoms with van der Waals surface area (Å²) in [6, 6.07) is 6.08. The lowest BCUT2D eigenvalue weighted by Crippen LogP contribution is -2.36. The molecule has 7 heteroatoms. The predicted molar refractivity (Wildman–Crippen MR) is 125 cm³/mol. The first-order chi connectivity index (χ1) is 15.1. The van der Waals surface area contributed by atoms with Crippen LogP contribution < -0.4 is 14.8 Å². The zero-order valence-corrected chi connectivity index (χ0v) is 19.3. The number of ether oxygens (including phenoxy) is 3. The number of aromatic nitrogens is 1. The van der Waals surface area contributed by atoms with Crippen LogP contribution in [0.2, 0.25) is 0 Å². The fraction of sp³-hybridized carbons (Fsp3) is 0.625. The van der Waals surface area contributed by atoms with Crippen molar-refractivity contribution < 1.29 is 19.3 Å². The maximum atomic E-state index is 10.5. The van der Waals surface area contributed by atoms with Gasteiger partial charge in [0.2, 0.25) is 0 Å². The van der Waals surface area contributed by atoms with E-state index in [0.717, 1.165) is 62.3 Å². The van der Waals surface area contributed by atoms with Gasteiger partial charge >= 0.3 is 0 Å². The molecular formula is C24H37N3O4. The third-order valence-electron chi connectivity index (χ3n) is 5.93. The molecule has 0 saturated carbocycles. The second kappa shape index (κ2) is 11.5. The van der Waals surface area contributed by atoms with Crippen LogP contribution in [0.3, 0.4) is 0 Å². The van der Waals surface area contributed by atoms with Crippen LogP contribution >= 0.6 is 0 Å². The number of methoxy groups -OCH3 is 1. The zero-order valence-electron chi connectivity index (χ0n) is 19.3. The number of anilines is 1. The summed E-state index contributed by atoms with van der Waals surface area (Å²) >= 11 is 0. The van der Waals surface area contributed by atoms with Crippen LogP contribution in [0.1, 0.15) is 44.6 Å². The molecule has 2 N–H and O–H groups in total. The number of aliphatic hydroxyl groups is 1. The Labute approximate surface area is 185 Å². The van der Waals surface area contributed by atoms with Crippen molar-refractivity contribution in [2.24, 2.45) is 0 Å². The molecule has 0 unspecified atom stereocenters. The standard InChI is InChI=1S/C24H37N3O4/c1-5-9-27(6-2)15-18(28)16-31-23-14-21-20(12-22(23)29-4)19(13-24(25-3)26-21)17-7-10-30-11-8-17/h12-14,17-18,28H,5-11,15-16H2,1-4H3,(H,25,26)/t18-/m1/s1. The highest BCUT2D eigenvalue weighted by Gasteiger charge is 2.21. The molecule has 0 spiro atoms. The minimum atomic E-state index is -0.568. The van der Waals surface area contributed by atoms with E-state index in [4.69, 9.17) is 19.2 Å². The maximum Gasteiger partial charge on any atom is 0.163 e. The largest absolute Gasteiger partial charge is 0.493 e. The van der Waals surface area contributed by atoms with Crippen molar-refractivity contribution in [1.29, 1.82) is 0 Å². The molecule has 1 aromatic heterocycles. The molecule has 31 heavy (non-hydrogen) atoms. The molecule has 172 valence electrons. The zero-order chi connectivity index (χ0) is 22.2. The molecule has 3 rings (SSSR count). The van der Waals surface area contributed by atoms with Crippen molar-refractivity contribution in [3.05, 3.63) is 23.8 Å². The summed E-state index contributed by atoms with van der Waals surface area (Å²) in [6.45, 7) is 8.51. The van der Waals surface area contributed by atoms with E-state index in [2.05, 4.69) is 30.1 Å². The molecule has 1 atom stereocenters. The molecule has 0 aliphatic carbocycles. The number of rotatable bonds is 11. The van der Waals surface area contributed by atoms with Crippen LogP contribution in [0.15, 0.2) is 18.2 Å². The maximum absolute atomic E-state index is 10.5. The van der Waals surface area contributed by atoms with E-state index in [9.17, 15) is 5.11 Å². The van der Waals surface area contributed by atoms with Gasteiger partial charge in [0.15, 0.2) is 11.5 Å². The number of pyridine rings is 1. The van der Waals surface area contributed by atoms with Gasteiger partial charge in [-0.05, 0) is 56.0 Å². The van der Waals surface area contributed by atoms with Gasteiger partial charge in [-0.3, -0.25) is 0 Å². The Bertz CT molecular complexity index is 839. The number of nitrogens with one attached hydrogen (secondary N) is 1. The SMILES string of the molecule is CCCN(CC)C[C@@H](O)COc1cc2nc(NC)cc(C3CCOCC3)c2cc1OC. The van der Waals surface area contributed by atoms with Crippen molar-refractivity contribution in [3.63, 3.8) is 0 Å². The summed E-state index contributed by atoms with van der Waals surface area (Å²) in [4.78, 5) is 6.98. The first-order valence-corrected chi connectivity index (χ1v) is 11.4. The van der Waals surface area contributed by atoms with E-state index < -0.39 is 6.10 Å². The van der Waals surface area contributed by atoms with Crippen LogP contribution in [0, 0.1) is 0 Å².